The molecule has 3 N–H and O–H groups in total. The average molecular weight is 271 g/mol. The predicted molar refractivity (Wildman–Crippen MR) is 77.6 cm³/mol. The molecule has 20 heavy (non-hydrogen) atoms. The maximum Gasteiger partial charge on any atom is 0.219 e. The highest BCUT2D eigenvalue weighted by atomic mass is 16.5. The molecule has 0 atom stereocenters. The van der Waals surface area contributed by atoms with Gasteiger partial charge in [-0.2, -0.15) is 0 Å². The van der Waals surface area contributed by atoms with Crippen LogP contribution in [0.5, 0.6) is 17.4 Å². The molecule has 0 aliphatic carbocycles. The van der Waals surface area contributed by atoms with Gasteiger partial charge in [0.25, 0.3) is 0 Å². The molecule has 0 aliphatic rings. The molecule has 0 radical (unpaired) electrons. The van der Waals surface area contributed by atoms with Gasteiger partial charge in [0, 0.05) is 17.8 Å². The summed E-state index contributed by atoms with van der Waals surface area (Å²) in [5.74, 6) is 1.85. The standard InChI is InChI=1S/C15H17N3O2/c1-2-9-19-12-3-5-13(6-4-12)20-14-10-11(15(16)17)7-8-18-14/h3-8,10H,2,9H2,1H3,(H3,16,17). The molecule has 0 amide bonds. The minimum absolute atomic E-state index is 0.0134. The van der Waals surface area contributed by atoms with Crippen LogP contribution in [0.2, 0.25) is 0 Å². The number of rotatable bonds is 6. The van der Waals surface area contributed by atoms with Crippen molar-refractivity contribution in [2.75, 3.05) is 6.61 Å². The Morgan fingerprint density at radius 3 is 2.55 bits per heavy atom. The number of nitrogens with zero attached hydrogens (tertiary/aromatic N) is 1. The summed E-state index contributed by atoms with van der Waals surface area (Å²) in [7, 11) is 0. The molecule has 0 saturated heterocycles. The fourth-order valence-corrected chi connectivity index (χ4v) is 1.58. The number of nitrogens with one attached hydrogen (secondary N) is 1. The fourth-order valence-electron chi connectivity index (χ4n) is 1.58. The molecule has 104 valence electrons. The Morgan fingerprint density at radius 2 is 1.90 bits per heavy atom. The molecule has 5 nitrogen and oxygen atoms in total. The largest absolute Gasteiger partial charge is 0.494 e. The van der Waals surface area contributed by atoms with Gasteiger partial charge < -0.3 is 15.2 Å². The highest BCUT2D eigenvalue weighted by molar-refractivity contribution is 5.95. The van der Waals surface area contributed by atoms with Crippen LogP contribution in [0.4, 0.5) is 0 Å². The van der Waals surface area contributed by atoms with Crippen LogP contribution in [0.25, 0.3) is 0 Å². The molecule has 1 aromatic carbocycles. The van der Waals surface area contributed by atoms with E-state index in [1.54, 1.807) is 18.3 Å². The number of hydrogen-bond acceptors (Lipinski definition) is 4. The molecule has 0 unspecified atom stereocenters. The summed E-state index contributed by atoms with van der Waals surface area (Å²) in [6, 6.07) is 10.6. The SMILES string of the molecule is CCCOc1ccc(Oc2cc(C(=N)N)ccn2)cc1. The number of benzene rings is 1. The lowest BCUT2D eigenvalue weighted by Crippen LogP contribution is -2.11. The summed E-state index contributed by atoms with van der Waals surface area (Å²) in [5.41, 5.74) is 6.01. The van der Waals surface area contributed by atoms with Crippen molar-refractivity contribution < 1.29 is 9.47 Å². The number of nitrogens with two attached hydrogens (primary N) is 1. The van der Waals surface area contributed by atoms with Crippen molar-refractivity contribution in [1.29, 1.82) is 5.41 Å². The zero-order valence-electron chi connectivity index (χ0n) is 11.3. The molecule has 2 rings (SSSR count). The van der Waals surface area contributed by atoms with Gasteiger partial charge in [-0.15, -0.1) is 0 Å². The second kappa shape index (κ2) is 6.56. The van der Waals surface area contributed by atoms with Gasteiger partial charge in [-0.1, -0.05) is 6.92 Å². The van der Waals surface area contributed by atoms with Gasteiger partial charge in [-0.05, 0) is 36.8 Å². The monoisotopic (exact) mass is 271 g/mol. The van der Waals surface area contributed by atoms with Gasteiger partial charge in [0.15, 0.2) is 0 Å². The molecule has 5 heteroatoms. The highest BCUT2D eigenvalue weighted by Crippen LogP contribution is 2.23. The fraction of sp³-hybridized carbons (Fsp3) is 0.200. The normalized spacial score (nSPS) is 10.1. The second-order valence-electron chi connectivity index (χ2n) is 4.22. The van der Waals surface area contributed by atoms with Crippen LogP contribution in [0.3, 0.4) is 0 Å². The van der Waals surface area contributed by atoms with E-state index in [4.69, 9.17) is 20.6 Å². The van der Waals surface area contributed by atoms with Crippen LogP contribution < -0.4 is 15.2 Å². The molecule has 0 bridgehead atoms. The van der Waals surface area contributed by atoms with E-state index in [1.165, 1.54) is 0 Å². The van der Waals surface area contributed by atoms with Gasteiger partial charge in [-0.3, -0.25) is 5.41 Å². The van der Waals surface area contributed by atoms with E-state index < -0.39 is 0 Å². The lowest BCUT2D eigenvalue weighted by atomic mass is 10.2. The Hall–Kier alpha value is -2.56. The van der Waals surface area contributed by atoms with E-state index in [0.29, 0.717) is 23.8 Å². The average Bonchev–Trinajstić information content (AvgIpc) is 2.47. The van der Waals surface area contributed by atoms with Gasteiger partial charge in [0.2, 0.25) is 5.88 Å². The Labute approximate surface area is 117 Å². The van der Waals surface area contributed by atoms with E-state index in [2.05, 4.69) is 11.9 Å². The minimum Gasteiger partial charge on any atom is -0.494 e. The topological polar surface area (TPSA) is 81.2 Å². The first-order chi connectivity index (χ1) is 9.69. The molecule has 1 heterocycles. The first kappa shape index (κ1) is 13.9. The van der Waals surface area contributed by atoms with Crippen molar-refractivity contribution >= 4 is 5.84 Å². The number of nitrogen functional groups attached to an aromatic ring is 1. The van der Waals surface area contributed by atoms with Crippen LogP contribution >= 0.6 is 0 Å². The van der Waals surface area contributed by atoms with Gasteiger partial charge in [0.05, 0.1) is 6.61 Å². The van der Waals surface area contributed by atoms with Crippen molar-refractivity contribution in [3.63, 3.8) is 0 Å². The zero-order chi connectivity index (χ0) is 14.4. The molecule has 1 aromatic heterocycles. The van der Waals surface area contributed by atoms with E-state index in [-0.39, 0.29) is 5.84 Å². The Balaban J connectivity index is 2.06. The Kier molecular flexibility index (Phi) is 4.55. The van der Waals surface area contributed by atoms with Crippen LogP contribution in [-0.2, 0) is 0 Å². The van der Waals surface area contributed by atoms with Crippen LogP contribution in [-0.4, -0.2) is 17.4 Å². The summed E-state index contributed by atoms with van der Waals surface area (Å²) in [6.07, 6.45) is 2.53. The zero-order valence-corrected chi connectivity index (χ0v) is 11.3. The van der Waals surface area contributed by atoms with E-state index in [0.717, 1.165) is 12.2 Å². The molecule has 0 saturated carbocycles. The van der Waals surface area contributed by atoms with Crippen molar-refractivity contribution in [3.8, 4) is 17.4 Å². The minimum atomic E-state index is -0.0134. The van der Waals surface area contributed by atoms with E-state index in [1.807, 2.05) is 24.3 Å². The molecule has 0 aliphatic heterocycles. The van der Waals surface area contributed by atoms with Gasteiger partial charge in [0.1, 0.15) is 17.3 Å². The Bertz CT molecular complexity index is 582. The van der Waals surface area contributed by atoms with Crippen molar-refractivity contribution in [3.05, 3.63) is 48.2 Å². The summed E-state index contributed by atoms with van der Waals surface area (Å²) in [4.78, 5) is 4.08. The van der Waals surface area contributed by atoms with E-state index >= 15 is 0 Å². The second-order valence-corrected chi connectivity index (χ2v) is 4.22. The maximum absolute atomic E-state index is 7.38. The molecular formula is C15H17N3O2. The highest BCUT2D eigenvalue weighted by Gasteiger charge is 2.03. The lowest BCUT2D eigenvalue weighted by molar-refractivity contribution is 0.317. The van der Waals surface area contributed by atoms with Crippen molar-refractivity contribution in [2.24, 2.45) is 5.73 Å². The maximum atomic E-state index is 7.38. The van der Waals surface area contributed by atoms with Crippen molar-refractivity contribution in [1.82, 2.24) is 4.98 Å². The number of pyridine rings is 1. The quantitative estimate of drug-likeness (QED) is 0.625. The number of amidine groups is 1. The molecular weight excluding hydrogens is 254 g/mol. The smallest absolute Gasteiger partial charge is 0.219 e. The third-order valence-corrected chi connectivity index (χ3v) is 2.56. The number of ether oxygens (including phenoxy) is 2. The van der Waals surface area contributed by atoms with E-state index in [9.17, 15) is 0 Å². The Morgan fingerprint density at radius 1 is 1.20 bits per heavy atom. The first-order valence-electron chi connectivity index (χ1n) is 6.40. The van der Waals surface area contributed by atoms with Crippen LogP contribution in [0.1, 0.15) is 18.9 Å². The summed E-state index contributed by atoms with van der Waals surface area (Å²) >= 11 is 0. The summed E-state index contributed by atoms with van der Waals surface area (Å²) in [5, 5.41) is 7.38. The van der Waals surface area contributed by atoms with Crippen molar-refractivity contribution in [2.45, 2.75) is 13.3 Å². The number of hydrogen-bond donors (Lipinski definition) is 2. The summed E-state index contributed by atoms with van der Waals surface area (Å²) in [6.45, 7) is 2.76. The first-order valence-corrected chi connectivity index (χ1v) is 6.40. The van der Waals surface area contributed by atoms with Gasteiger partial charge >= 0.3 is 0 Å². The number of aromatic nitrogens is 1. The third kappa shape index (κ3) is 3.71. The van der Waals surface area contributed by atoms with Crippen LogP contribution in [0.15, 0.2) is 42.6 Å². The molecule has 2 aromatic rings. The predicted octanol–water partition coefficient (Wildman–Crippen LogP) is 2.95. The molecule has 0 fully saturated rings. The van der Waals surface area contributed by atoms with Crippen LogP contribution in [0, 0.1) is 5.41 Å². The lowest BCUT2D eigenvalue weighted by Gasteiger charge is -2.08. The summed E-state index contributed by atoms with van der Waals surface area (Å²) < 4.78 is 11.1. The van der Waals surface area contributed by atoms with Gasteiger partial charge in [-0.25, -0.2) is 4.98 Å². The molecule has 0 spiro atoms. The third-order valence-electron chi connectivity index (χ3n) is 2.56.